The van der Waals surface area contributed by atoms with E-state index in [0.29, 0.717) is 6.42 Å². The normalized spacial score (nSPS) is 17.4. The van der Waals surface area contributed by atoms with E-state index < -0.39 is 7.60 Å². The Morgan fingerprint density at radius 1 is 1.42 bits per heavy atom. The highest BCUT2D eigenvalue weighted by Gasteiger charge is 2.10. The van der Waals surface area contributed by atoms with Gasteiger partial charge in [0.2, 0.25) is 0 Å². The van der Waals surface area contributed by atoms with Gasteiger partial charge in [0.25, 0.3) is 0 Å². The van der Waals surface area contributed by atoms with E-state index >= 15 is 0 Å². The summed E-state index contributed by atoms with van der Waals surface area (Å²) < 4.78 is 16.0. The van der Waals surface area contributed by atoms with Crippen molar-refractivity contribution in [2.24, 2.45) is 0 Å². The summed E-state index contributed by atoms with van der Waals surface area (Å²) in [4.78, 5) is 10.9. The third-order valence-electron chi connectivity index (χ3n) is 1.54. The van der Waals surface area contributed by atoms with Crippen molar-refractivity contribution >= 4 is 7.60 Å². The average Bonchev–Trinajstić information content (AvgIpc) is 1.84. The summed E-state index contributed by atoms with van der Waals surface area (Å²) in [7, 11) is 3.78. The molecule has 0 aliphatic rings. The van der Waals surface area contributed by atoms with Crippen LogP contribution in [-0.4, -0.2) is 45.4 Å². The molecule has 0 saturated carbocycles. The minimum Gasteiger partial charge on any atom is -0.778 e. The van der Waals surface area contributed by atoms with Crippen LogP contribution in [0.25, 0.3) is 0 Å². The van der Waals surface area contributed by atoms with Gasteiger partial charge < -0.3 is 18.5 Å². The molecule has 5 heteroatoms. The van der Waals surface area contributed by atoms with Gasteiger partial charge in [0.15, 0.2) is 0 Å². The number of nitrogens with zero attached hydrogens (tertiary/aromatic N) is 1. The van der Waals surface area contributed by atoms with E-state index in [1.807, 2.05) is 21.1 Å². The monoisotopic (exact) mass is 195 g/mol. The molecule has 1 atom stereocenters. The first kappa shape index (κ1) is 12.1. The van der Waals surface area contributed by atoms with E-state index in [2.05, 4.69) is 4.52 Å². The molecule has 0 bridgehead atoms. The minimum atomic E-state index is -3.52. The molecule has 0 heterocycles. The molecular formula is C7H18NO3P. The van der Waals surface area contributed by atoms with Gasteiger partial charge in [0.05, 0.1) is 27.7 Å². The van der Waals surface area contributed by atoms with E-state index in [0.717, 1.165) is 11.0 Å². The predicted molar refractivity (Wildman–Crippen MR) is 47.0 cm³/mol. The highest BCUT2D eigenvalue weighted by molar-refractivity contribution is 7.51. The molecule has 0 aromatic heterocycles. The van der Waals surface area contributed by atoms with Crippen molar-refractivity contribution < 1.29 is 18.5 Å². The Morgan fingerprint density at radius 3 is 2.25 bits per heavy atom. The summed E-state index contributed by atoms with van der Waals surface area (Å²) in [5.74, 6) is 0. The standard InChI is InChI=1S/C7H18NO3P/c1-8(2,3)6-5-7-12(9,10)11-4/h5-7H2,1-4H3. The van der Waals surface area contributed by atoms with Crippen LogP contribution in [-0.2, 0) is 9.09 Å². The maximum Gasteiger partial charge on any atom is 0.134 e. The van der Waals surface area contributed by atoms with Crippen LogP contribution in [0.1, 0.15) is 6.42 Å². The molecule has 4 nitrogen and oxygen atoms in total. The Bertz CT molecular complexity index is 176. The lowest BCUT2D eigenvalue weighted by molar-refractivity contribution is -0.870. The summed E-state index contributed by atoms with van der Waals surface area (Å²) in [5, 5.41) is 0. The lowest BCUT2D eigenvalue weighted by Gasteiger charge is -2.26. The molecule has 0 aromatic rings. The van der Waals surface area contributed by atoms with Gasteiger partial charge in [-0.3, -0.25) is 0 Å². The molecule has 0 aromatic carbocycles. The lowest BCUT2D eigenvalue weighted by atomic mass is 10.4. The molecule has 0 saturated heterocycles. The summed E-state index contributed by atoms with van der Waals surface area (Å²) in [5.41, 5.74) is 0. The van der Waals surface area contributed by atoms with Crippen molar-refractivity contribution in [2.45, 2.75) is 6.42 Å². The zero-order valence-electron chi connectivity index (χ0n) is 8.24. The van der Waals surface area contributed by atoms with Gasteiger partial charge in [-0.15, -0.1) is 0 Å². The van der Waals surface area contributed by atoms with Crippen LogP contribution in [0.5, 0.6) is 0 Å². The third kappa shape index (κ3) is 6.80. The van der Waals surface area contributed by atoms with Gasteiger partial charge in [-0.05, 0) is 0 Å². The van der Waals surface area contributed by atoms with Crippen molar-refractivity contribution in [3.05, 3.63) is 0 Å². The molecule has 0 rings (SSSR count). The van der Waals surface area contributed by atoms with Crippen molar-refractivity contribution in [2.75, 3.05) is 41.0 Å². The number of hydrogen-bond acceptors (Lipinski definition) is 3. The largest absolute Gasteiger partial charge is 0.778 e. The van der Waals surface area contributed by atoms with E-state index in [9.17, 15) is 9.46 Å². The van der Waals surface area contributed by atoms with Crippen molar-refractivity contribution in [3.63, 3.8) is 0 Å². The molecule has 74 valence electrons. The fraction of sp³-hybridized carbons (Fsp3) is 1.00. The first-order valence-corrected chi connectivity index (χ1v) is 5.66. The van der Waals surface area contributed by atoms with Crippen LogP contribution in [0.15, 0.2) is 0 Å². The second-order valence-electron chi connectivity index (χ2n) is 3.88. The maximum absolute atomic E-state index is 10.9. The minimum absolute atomic E-state index is 0.138. The summed E-state index contributed by atoms with van der Waals surface area (Å²) in [6.07, 6.45) is 0.789. The Kier molecular flexibility index (Phi) is 4.42. The van der Waals surface area contributed by atoms with Crippen LogP contribution >= 0.6 is 7.60 Å². The molecule has 0 fully saturated rings. The Hall–Kier alpha value is 0.110. The van der Waals surface area contributed by atoms with Crippen LogP contribution in [0.2, 0.25) is 0 Å². The maximum atomic E-state index is 10.9. The smallest absolute Gasteiger partial charge is 0.134 e. The van der Waals surface area contributed by atoms with Gasteiger partial charge in [0, 0.05) is 19.7 Å². The summed E-state index contributed by atoms with van der Waals surface area (Å²) in [6, 6.07) is 0. The molecular weight excluding hydrogens is 177 g/mol. The summed E-state index contributed by atoms with van der Waals surface area (Å²) >= 11 is 0. The highest BCUT2D eigenvalue weighted by atomic mass is 31.2. The van der Waals surface area contributed by atoms with Crippen molar-refractivity contribution in [1.82, 2.24) is 0 Å². The molecule has 0 aliphatic heterocycles. The Balaban J connectivity index is 3.65. The van der Waals surface area contributed by atoms with Crippen LogP contribution in [0.3, 0.4) is 0 Å². The Labute approximate surface area is 74.3 Å². The summed E-state index contributed by atoms with van der Waals surface area (Å²) in [6.45, 7) is 0.843. The molecule has 0 aliphatic carbocycles. The second-order valence-corrected chi connectivity index (χ2v) is 5.92. The van der Waals surface area contributed by atoms with E-state index in [-0.39, 0.29) is 6.16 Å². The first-order valence-electron chi connectivity index (χ1n) is 3.93. The molecule has 12 heavy (non-hydrogen) atoms. The predicted octanol–water partition coefficient (Wildman–Crippen LogP) is 0.282. The van der Waals surface area contributed by atoms with E-state index in [1.54, 1.807) is 0 Å². The van der Waals surface area contributed by atoms with Gasteiger partial charge >= 0.3 is 0 Å². The SMILES string of the molecule is COP(=O)([O-])CCC[N+](C)(C)C. The third-order valence-corrected chi connectivity index (χ3v) is 2.96. The van der Waals surface area contributed by atoms with Crippen molar-refractivity contribution in [1.29, 1.82) is 0 Å². The van der Waals surface area contributed by atoms with Gasteiger partial charge in [-0.2, -0.15) is 0 Å². The molecule has 0 radical (unpaired) electrons. The lowest BCUT2D eigenvalue weighted by Crippen LogP contribution is -2.35. The zero-order chi connectivity index (χ0) is 9.83. The molecule has 0 spiro atoms. The van der Waals surface area contributed by atoms with Gasteiger partial charge in [-0.25, -0.2) is 0 Å². The first-order chi connectivity index (χ1) is 5.27. The average molecular weight is 195 g/mol. The van der Waals surface area contributed by atoms with Gasteiger partial charge in [-0.1, -0.05) is 0 Å². The van der Waals surface area contributed by atoms with Crippen molar-refractivity contribution in [3.8, 4) is 0 Å². The molecule has 0 amide bonds. The van der Waals surface area contributed by atoms with E-state index in [4.69, 9.17) is 0 Å². The van der Waals surface area contributed by atoms with Crippen LogP contribution in [0.4, 0.5) is 0 Å². The number of rotatable bonds is 5. The number of quaternary nitrogens is 1. The molecule has 0 N–H and O–H groups in total. The quantitative estimate of drug-likeness (QED) is 0.467. The molecule has 1 unspecified atom stereocenters. The fourth-order valence-corrected chi connectivity index (χ4v) is 1.54. The van der Waals surface area contributed by atoms with Crippen LogP contribution in [0, 0.1) is 0 Å². The van der Waals surface area contributed by atoms with Crippen LogP contribution < -0.4 is 4.89 Å². The zero-order valence-corrected chi connectivity index (χ0v) is 9.13. The second kappa shape index (κ2) is 4.38. The fourth-order valence-electron chi connectivity index (χ4n) is 0.830. The topological polar surface area (TPSA) is 49.4 Å². The highest BCUT2D eigenvalue weighted by Crippen LogP contribution is 2.35. The number of hydrogen-bond donors (Lipinski definition) is 0. The Morgan fingerprint density at radius 2 is 1.92 bits per heavy atom. The van der Waals surface area contributed by atoms with E-state index in [1.165, 1.54) is 7.11 Å². The van der Waals surface area contributed by atoms with Gasteiger partial charge in [0.1, 0.15) is 7.60 Å².